The number of aliphatic hydroxyl groups excluding tert-OH is 5. The smallest absolute Gasteiger partial charge is 0.457 e. The van der Waals surface area contributed by atoms with Crippen LogP contribution in [0, 0.1) is 0 Å². The van der Waals surface area contributed by atoms with Gasteiger partial charge in [0, 0.05) is 13.0 Å². The van der Waals surface area contributed by atoms with Gasteiger partial charge in [-0.25, -0.2) is 4.57 Å². The summed E-state index contributed by atoms with van der Waals surface area (Å²) >= 11 is 0. The van der Waals surface area contributed by atoms with Crippen molar-refractivity contribution < 1.29 is 58.3 Å². The lowest BCUT2D eigenvalue weighted by molar-refractivity contribution is -0.220. The summed E-state index contributed by atoms with van der Waals surface area (Å²) in [5, 5.41) is 50.2. The van der Waals surface area contributed by atoms with Gasteiger partial charge in [0.15, 0.2) is 0 Å². The van der Waals surface area contributed by atoms with E-state index in [9.17, 15) is 39.8 Å². The van der Waals surface area contributed by atoms with Gasteiger partial charge in [-0.1, -0.05) is 165 Å². The Labute approximate surface area is 382 Å². The summed E-state index contributed by atoms with van der Waals surface area (Å²) in [6.07, 6.45) is 37.6. The van der Waals surface area contributed by atoms with Crippen molar-refractivity contribution >= 4 is 13.8 Å². The number of unbranched alkanes of at least 4 members (excludes halogenated alkanes) is 22. The molecule has 0 aliphatic heterocycles. The van der Waals surface area contributed by atoms with Crippen LogP contribution in [0.4, 0.5) is 0 Å². The first kappa shape index (κ1) is 59.3. The van der Waals surface area contributed by atoms with Crippen molar-refractivity contribution in [2.75, 3.05) is 19.8 Å². The molecule has 12 nitrogen and oxygen atoms in total. The van der Waals surface area contributed by atoms with Gasteiger partial charge < -0.3 is 39.9 Å². The van der Waals surface area contributed by atoms with E-state index in [4.69, 9.17) is 18.5 Å². The molecule has 1 aliphatic carbocycles. The number of carbonyl (C=O) groups excluding carboxylic acids is 1. The molecule has 0 aromatic heterocycles. The van der Waals surface area contributed by atoms with Crippen LogP contribution in [0.25, 0.3) is 0 Å². The number of aliphatic hydroxyl groups is 5. The van der Waals surface area contributed by atoms with E-state index >= 15 is 0 Å². The second-order valence-electron chi connectivity index (χ2n) is 17.3. The summed E-state index contributed by atoms with van der Waals surface area (Å²) in [5.41, 5.74) is 0. The molecule has 0 radical (unpaired) electrons. The highest BCUT2D eigenvalue weighted by Gasteiger charge is 2.51. The fourth-order valence-electron chi connectivity index (χ4n) is 7.42. The molecule has 0 spiro atoms. The zero-order chi connectivity index (χ0) is 46.2. The van der Waals surface area contributed by atoms with Crippen molar-refractivity contribution in [2.24, 2.45) is 0 Å². The molecular formula is C50H91O12P. The number of esters is 1. The van der Waals surface area contributed by atoms with Gasteiger partial charge in [-0.15, -0.1) is 0 Å². The van der Waals surface area contributed by atoms with E-state index in [2.05, 4.69) is 62.5 Å². The van der Waals surface area contributed by atoms with Gasteiger partial charge in [-0.3, -0.25) is 13.8 Å². The summed E-state index contributed by atoms with van der Waals surface area (Å²) in [4.78, 5) is 23.1. The van der Waals surface area contributed by atoms with E-state index in [1.807, 2.05) is 0 Å². The highest BCUT2D eigenvalue weighted by Crippen LogP contribution is 2.47. The van der Waals surface area contributed by atoms with E-state index in [-0.39, 0.29) is 13.0 Å². The Morgan fingerprint density at radius 2 is 0.889 bits per heavy atom. The van der Waals surface area contributed by atoms with Crippen LogP contribution in [0.15, 0.2) is 48.6 Å². The van der Waals surface area contributed by atoms with Crippen molar-refractivity contribution in [3.05, 3.63) is 48.6 Å². The average molecular weight is 915 g/mol. The highest BCUT2D eigenvalue weighted by atomic mass is 31.2. The zero-order valence-electron chi connectivity index (χ0n) is 39.4. The maximum absolute atomic E-state index is 12.8. The molecule has 0 aromatic rings. The molecule has 6 atom stereocenters. The molecule has 1 fully saturated rings. The van der Waals surface area contributed by atoms with E-state index < -0.39 is 63.1 Å². The molecule has 1 aliphatic rings. The van der Waals surface area contributed by atoms with Gasteiger partial charge >= 0.3 is 13.8 Å². The van der Waals surface area contributed by atoms with Crippen LogP contribution in [0.2, 0.25) is 0 Å². The highest BCUT2D eigenvalue weighted by molar-refractivity contribution is 7.47. The number of ether oxygens (including phenoxy) is 2. The van der Waals surface area contributed by atoms with Crippen molar-refractivity contribution in [2.45, 2.75) is 243 Å². The predicted octanol–water partition coefficient (Wildman–Crippen LogP) is 10.8. The van der Waals surface area contributed by atoms with Crippen LogP contribution in [-0.2, 0) is 27.9 Å². The fourth-order valence-corrected chi connectivity index (χ4v) is 8.39. The summed E-state index contributed by atoms with van der Waals surface area (Å²) in [6, 6.07) is 0. The molecule has 6 N–H and O–H groups in total. The third kappa shape index (κ3) is 32.6. The summed E-state index contributed by atoms with van der Waals surface area (Å²) in [5.74, 6) is -0.490. The van der Waals surface area contributed by atoms with E-state index in [1.54, 1.807) is 0 Å². The predicted molar refractivity (Wildman–Crippen MR) is 253 cm³/mol. The summed E-state index contributed by atoms with van der Waals surface area (Å²) in [7, 11) is -5.02. The molecule has 0 bridgehead atoms. The second-order valence-corrected chi connectivity index (χ2v) is 18.7. The van der Waals surface area contributed by atoms with Crippen LogP contribution in [-0.4, -0.2) is 98.9 Å². The lowest BCUT2D eigenvalue weighted by atomic mass is 9.85. The first-order chi connectivity index (χ1) is 30.5. The van der Waals surface area contributed by atoms with E-state index in [1.165, 1.54) is 89.9 Å². The first-order valence-electron chi connectivity index (χ1n) is 25.0. The Morgan fingerprint density at radius 3 is 1.40 bits per heavy atom. The van der Waals surface area contributed by atoms with Gasteiger partial charge in [-0.05, 0) is 77.0 Å². The lowest BCUT2D eigenvalue weighted by Gasteiger charge is -2.41. The summed E-state index contributed by atoms with van der Waals surface area (Å²) in [6.45, 7) is 4.20. The third-order valence-corrected chi connectivity index (χ3v) is 12.4. The number of phosphoric acid groups is 1. The molecule has 13 heteroatoms. The summed E-state index contributed by atoms with van der Waals surface area (Å²) < 4.78 is 34.2. The SMILES string of the molecule is CCCCC/C=C\CCCCCCCC(=O)OC(COCCCCCCCCCCC/C=C\C/C=C\C/C=C\CCCCCCC)COP(=O)(O)OC1C(O)C(O)C(O)C(O)C1O. The van der Waals surface area contributed by atoms with Crippen molar-refractivity contribution in [3.63, 3.8) is 0 Å². The molecule has 1 saturated carbocycles. The van der Waals surface area contributed by atoms with Crippen molar-refractivity contribution in [3.8, 4) is 0 Å². The van der Waals surface area contributed by atoms with Crippen LogP contribution in [0.1, 0.15) is 200 Å². The van der Waals surface area contributed by atoms with Crippen LogP contribution >= 0.6 is 7.82 Å². The normalized spacial score (nSPS) is 22.2. The second kappa shape index (κ2) is 40.6. The van der Waals surface area contributed by atoms with E-state index in [0.29, 0.717) is 13.0 Å². The molecule has 1 rings (SSSR count). The number of phosphoric ester groups is 1. The van der Waals surface area contributed by atoms with E-state index in [0.717, 1.165) is 83.5 Å². The minimum absolute atomic E-state index is 0.0845. The topological polar surface area (TPSA) is 192 Å². The minimum Gasteiger partial charge on any atom is -0.457 e. The van der Waals surface area contributed by atoms with Gasteiger partial charge in [0.2, 0.25) is 0 Å². The van der Waals surface area contributed by atoms with Gasteiger partial charge in [0.1, 0.15) is 42.7 Å². The fraction of sp³-hybridized carbons (Fsp3) is 0.820. The molecule has 0 amide bonds. The maximum Gasteiger partial charge on any atom is 0.472 e. The Balaban J connectivity index is 2.32. The molecular weight excluding hydrogens is 824 g/mol. The number of hydrogen-bond donors (Lipinski definition) is 6. The van der Waals surface area contributed by atoms with Crippen LogP contribution in [0.5, 0.6) is 0 Å². The minimum atomic E-state index is -5.02. The van der Waals surface area contributed by atoms with Crippen molar-refractivity contribution in [1.29, 1.82) is 0 Å². The molecule has 0 aromatic carbocycles. The Hall–Kier alpha value is -1.70. The van der Waals surface area contributed by atoms with Crippen LogP contribution < -0.4 is 0 Å². The largest absolute Gasteiger partial charge is 0.472 e. The number of hydrogen-bond acceptors (Lipinski definition) is 11. The monoisotopic (exact) mass is 915 g/mol. The number of allylic oxidation sites excluding steroid dienone is 8. The molecule has 63 heavy (non-hydrogen) atoms. The number of rotatable bonds is 42. The number of carbonyl (C=O) groups is 1. The maximum atomic E-state index is 12.8. The van der Waals surface area contributed by atoms with Crippen molar-refractivity contribution in [1.82, 2.24) is 0 Å². The molecule has 6 unspecified atom stereocenters. The molecule has 0 heterocycles. The first-order valence-corrected chi connectivity index (χ1v) is 26.5. The van der Waals surface area contributed by atoms with Gasteiger partial charge in [0.25, 0.3) is 0 Å². The lowest BCUT2D eigenvalue weighted by Crippen LogP contribution is -2.64. The third-order valence-electron chi connectivity index (χ3n) is 11.4. The van der Waals surface area contributed by atoms with Gasteiger partial charge in [0.05, 0.1) is 13.2 Å². The Morgan fingerprint density at radius 1 is 0.508 bits per heavy atom. The Kier molecular flexibility index (Phi) is 38.2. The quantitative estimate of drug-likeness (QED) is 0.0147. The van der Waals surface area contributed by atoms with Crippen LogP contribution in [0.3, 0.4) is 0 Å². The van der Waals surface area contributed by atoms with Gasteiger partial charge in [-0.2, -0.15) is 0 Å². The Bertz CT molecular complexity index is 1230. The average Bonchev–Trinajstić information content (AvgIpc) is 3.27. The molecule has 368 valence electrons. The zero-order valence-corrected chi connectivity index (χ0v) is 40.3. The standard InChI is InChI=1S/C50H91O12P/c1-3-5-7-9-11-13-15-17-18-19-20-21-22-23-24-25-26-27-28-30-32-34-36-38-40-59-41-43(61-44(51)39-37-35-33-31-29-16-14-12-10-8-6-4-2)42-60-63(57,58)62-50-48(55)46(53)45(52)47(54)49(50)56/h12,14-15,17,19-20,22-23,43,45-50,52-56H,3-11,13,16,18,21,24-42H2,1-2H3,(H,57,58)/b14-12-,17-15-,20-19-,23-22-. The molecule has 0 saturated heterocycles.